The summed E-state index contributed by atoms with van der Waals surface area (Å²) in [7, 11) is 0. The molecule has 1 N–H and O–H groups in total. The van der Waals surface area contributed by atoms with Gasteiger partial charge in [-0.15, -0.1) is 0 Å². The minimum absolute atomic E-state index is 0.0704. The molecule has 0 radical (unpaired) electrons. The van der Waals surface area contributed by atoms with Crippen LogP contribution in [0.2, 0.25) is 5.02 Å². The van der Waals surface area contributed by atoms with E-state index in [1.165, 1.54) is 0 Å². The van der Waals surface area contributed by atoms with E-state index in [4.69, 9.17) is 16.3 Å². The van der Waals surface area contributed by atoms with Crippen molar-refractivity contribution >= 4 is 39.9 Å². The van der Waals surface area contributed by atoms with Crippen molar-refractivity contribution < 1.29 is 4.74 Å². The molecule has 1 aromatic rings. The molecular formula is C14H19ClINO. The summed E-state index contributed by atoms with van der Waals surface area (Å²) in [4.78, 5) is 0. The summed E-state index contributed by atoms with van der Waals surface area (Å²) in [5.41, 5.74) is 0.894. The molecule has 1 saturated heterocycles. The summed E-state index contributed by atoms with van der Waals surface area (Å²) >= 11 is 8.28. The van der Waals surface area contributed by atoms with Crippen molar-refractivity contribution in [3.63, 3.8) is 0 Å². The Morgan fingerprint density at radius 1 is 1.33 bits per heavy atom. The van der Waals surface area contributed by atoms with Gasteiger partial charge in [0.25, 0.3) is 0 Å². The second-order valence-corrected chi connectivity index (χ2v) is 7.59. The van der Waals surface area contributed by atoms with Crippen molar-refractivity contribution in [2.45, 2.75) is 51.4 Å². The monoisotopic (exact) mass is 379 g/mol. The number of rotatable bonds is 2. The zero-order valence-corrected chi connectivity index (χ0v) is 14.1. The molecule has 0 saturated carbocycles. The Morgan fingerprint density at radius 2 is 2.00 bits per heavy atom. The van der Waals surface area contributed by atoms with Gasteiger partial charge in [-0.2, -0.15) is 0 Å². The maximum atomic E-state index is 6.09. The van der Waals surface area contributed by atoms with Gasteiger partial charge in [0.2, 0.25) is 0 Å². The third kappa shape index (κ3) is 3.11. The van der Waals surface area contributed by atoms with E-state index in [1.54, 1.807) is 0 Å². The molecule has 1 fully saturated rings. The first-order chi connectivity index (χ1) is 8.20. The highest BCUT2D eigenvalue weighted by molar-refractivity contribution is 14.1. The average molecular weight is 380 g/mol. The standard InChI is InChI=1S/C14H19ClINO/c1-13(2)8-12(14(3,4)18-13)17-11-6-5-9(15)7-10(11)16/h5-7,12,17H,8H2,1-4H3. The second kappa shape index (κ2) is 4.84. The van der Waals surface area contributed by atoms with Crippen molar-refractivity contribution in [1.29, 1.82) is 0 Å². The molecule has 1 unspecified atom stereocenters. The van der Waals surface area contributed by atoms with Crippen LogP contribution in [-0.2, 0) is 4.74 Å². The van der Waals surface area contributed by atoms with Gasteiger partial charge in [-0.05, 0) is 74.9 Å². The van der Waals surface area contributed by atoms with Crippen molar-refractivity contribution in [3.8, 4) is 0 Å². The lowest BCUT2D eigenvalue weighted by atomic mass is 9.94. The quantitative estimate of drug-likeness (QED) is 0.752. The summed E-state index contributed by atoms with van der Waals surface area (Å²) in [6.45, 7) is 8.57. The number of halogens is 2. The smallest absolute Gasteiger partial charge is 0.0834 e. The number of hydrogen-bond acceptors (Lipinski definition) is 2. The molecule has 1 aliphatic rings. The largest absolute Gasteiger partial charge is 0.378 e. The topological polar surface area (TPSA) is 21.3 Å². The number of ether oxygens (including phenoxy) is 1. The first-order valence-electron chi connectivity index (χ1n) is 6.11. The number of benzene rings is 1. The van der Waals surface area contributed by atoms with Gasteiger partial charge in [-0.1, -0.05) is 11.6 Å². The van der Waals surface area contributed by atoms with Gasteiger partial charge in [0.1, 0.15) is 0 Å². The van der Waals surface area contributed by atoms with Crippen LogP contribution in [0.3, 0.4) is 0 Å². The van der Waals surface area contributed by atoms with E-state index >= 15 is 0 Å². The lowest BCUT2D eigenvalue weighted by molar-refractivity contribution is -0.0662. The van der Waals surface area contributed by atoms with Gasteiger partial charge in [0, 0.05) is 14.3 Å². The molecule has 2 rings (SSSR count). The Balaban J connectivity index is 2.19. The second-order valence-electron chi connectivity index (χ2n) is 5.99. The first kappa shape index (κ1) is 14.4. The van der Waals surface area contributed by atoms with Gasteiger partial charge >= 0.3 is 0 Å². The van der Waals surface area contributed by atoms with Crippen LogP contribution in [0.15, 0.2) is 18.2 Å². The van der Waals surface area contributed by atoms with E-state index in [1.807, 2.05) is 18.2 Å². The predicted octanol–water partition coefficient (Wildman–Crippen LogP) is 4.70. The van der Waals surface area contributed by atoms with Gasteiger partial charge in [-0.3, -0.25) is 0 Å². The number of anilines is 1. The molecule has 100 valence electrons. The third-order valence-corrected chi connectivity index (χ3v) is 4.46. The summed E-state index contributed by atoms with van der Waals surface area (Å²) in [5, 5.41) is 4.36. The SMILES string of the molecule is CC1(C)CC(Nc2ccc(Cl)cc2I)C(C)(C)O1. The molecule has 1 heterocycles. The van der Waals surface area contributed by atoms with E-state index in [0.29, 0.717) is 6.04 Å². The summed E-state index contributed by atoms with van der Waals surface area (Å²) in [6, 6.07) is 6.23. The fourth-order valence-electron chi connectivity index (χ4n) is 2.58. The Bertz CT molecular complexity index is 459. The molecule has 1 atom stereocenters. The fourth-order valence-corrected chi connectivity index (χ4v) is 3.61. The van der Waals surface area contributed by atoms with Crippen LogP contribution in [-0.4, -0.2) is 17.2 Å². The van der Waals surface area contributed by atoms with Crippen LogP contribution in [0.4, 0.5) is 5.69 Å². The van der Waals surface area contributed by atoms with E-state index in [2.05, 4.69) is 55.6 Å². The van der Waals surface area contributed by atoms with Crippen molar-refractivity contribution in [3.05, 3.63) is 26.8 Å². The molecule has 0 aromatic heterocycles. The predicted molar refractivity (Wildman–Crippen MR) is 85.4 cm³/mol. The lowest BCUT2D eigenvalue weighted by Gasteiger charge is -2.28. The molecular weight excluding hydrogens is 361 g/mol. The minimum atomic E-state index is -0.160. The van der Waals surface area contributed by atoms with Crippen molar-refractivity contribution in [2.24, 2.45) is 0 Å². The van der Waals surface area contributed by atoms with Crippen LogP contribution in [0.25, 0.3) is 0 Å². The molecule has 1 aliphatic heterocycles. The third-order valence-electron chi connectivity index (χ3n) is 3.34. The van der Waals surface area contributed by atoms with Crippen molar-refractivity contribution in [2.75, 3.05) is 5.32 Å². The molecule has 0 aliphatic carbocycles. The molecule has 4 heteroatoms. The minimum Gasteiger partial charge on any atom is -0.378 e. The summed E-state index contributed by atoms with van der Waals surface area (Å²) < 4.78 is 7.23. The zero-order valence-electron chi connectivity index (χ0n) is 11.2. The van der Waals surface area contributed by atoms with Crippen molar-refractivity contribution in [1.82, 2.24) is 0 Å². The van der Waals surface area contributed by atoms with Crippen LogP contribution in [0.5, 0.6) is 0 Å². The highest BCUT2D eigenvalue weighted by Crippen LogP contribution is 2.39. The maximum absolute atomic E-state index is 6.09. The van der Waals surface area contributed by atoms with Gasteiger partial charge in [-0.25, -0.2) is 0 Å². The van der Waals surface area contributed by atoms with Crippen LogP contribution in [0, 0.1) is 3.57 Å². The number of nitrogens with one attached hydrogen (secondary N) is 1. The van der Waals surface area contributed by atoms with Crippen LogP contribution < -0.4 is 5.32 Å². The Kier molecular flexibility index (Phi) is 3.87. The molecule has 0 bridgehead atoms. The Hall–Kier alpha value is -0.0000000000000000763. The molecule has 0 spiro atoms. The average Bonchev–Trinajstić information content (AvgIpc) is 2.39. The van der Waals surface area contributed by atoms with E-state index in [0.717, 1.165) is 20.7 Å². The summed E-state index contributed by atoms with van der Waals surface area (Å²) in [5.74, 6) is 0. The van der Waals surface area contributed by atoms with Gasteiger partial charge in [0.05, 0.1) is 17.2 Å². The molecule has 2 nitrogen and oxygen atoms in total. The Labute approximate surface area is 128 Å². The van der Waals surface area contributed by atoms with E-state index in [-0.39, 0.29) is 11.2 Å². The Morgan fingerprint density at radius 3 is 2.50 bits per heavy atom. The van der Waals surface area contributed by atoms with Crippen LogP contribution >= 0.6 is 34.2 Å². The highest BCUT2D eigenvalue weighted by atomic mass is 127. The molecule has 18 heavy (non-hydrogen) atoms. The maximum Gasteiger partial charge on any atom is 0.0834 e. The van der Waals surface area contributed by atoms with E-state index < -0.39 is 0 Å². The lowest BCUT2D eigenvalue weighted by Crippen LogP contribution is -2.38. The highest BCUT2D eigenvalue weighted by Gasteiger charge is 2.45. The van der Waals surface area contributed by atoms with E-state index in [9.17, 15) is 0 Å². The molecule has 1 aromatic carbocycles. The fraction of sp³-hybridized carbons (Fsp3) is 0.571. The summed E-state index contributed by atoms with van der Waals surface area (Å²) in [6.07, 6.45) is 0.999. The van der Waals surface area contributed by atoms with Gasteiger partial charge < -0.3 is 10.1 Å². The number of hydrogen-bond donors (Lipinski definition) is 1. The molecule has 0 amide bonds. The normalized spacial score (nSPS) is 25.1. The zero-order chi connectivity index (χ0) is 13.6. The van der Waals surface area contributed by atoms with Gasteiger partial charge in [0.15, 0.2) is 0 Å². The van der Waals surface area contributed by atoms with Crippen LogP contribution in [0.1, 0.15) is 34.1 Å². The first-order valence-corrected chi connectivity index (χ1v) is 7.57.